The predicted octanol–water partition coefficient (Wildman–Crippen LogP) is -0.690. The molecule has 0 saturated carbocycles. The molecule has 8 nitrogen and oxygen atoms in total. The monoisotopic (exact) mass is 280 g/mol. The second kappa shape index (κ2) is 13.2. The van der Waals surface area contributed by atoms with Crippen LogP contribution in [0.5, 0.6) is 0 Å². The van der Waals surface area contributed by atoms with Crippen molar-refractivity contribution in [3.05, 3.63) is 0 Å². The van der Waals surface area contributed by atoms with Gasteiger partial charge in [-0.15, -0.1) is 0 Å². The third-order valence-corrected chi connectivity index (χ3v) is 1.75. The largest absolute Gasteiger partial charge is 0.479 e. The number of carboxylic acids is 1. The molecular formula is C11H20O8. The predicted molar refractivity (Wildman–Crippen MR) is 62.9 cm³/mol. The van der Waals surface area contributed by atoms with E-state index in [-0.39, 0.29) is 13.2 Å². The average Bonchev–Trinajstić information content (AvgIpc) is 2.38. The standard InChI is InChI=1S/C11H20O8/c1-15-2-3-16-4-5-17-6-7-18-9-11(14)19-8-10(12)13/h2-9H2,1H3,(H,12,13). The Labute approximate surface area is 111 Å². The van der Waals surface area contributed by atoms with Gasteiger partial charge in [-0.25, -0.2) is 9.59 Å². The van der Waals surface area contributed by atoms with Crippen LogP contribution in [0.3, 0.4) is 0 Å². The zero-order valence-corrected chi connectivity index (χ0v) is 11.0. The lowest BCUT2D eigenvalue weighted by molar-refractivity contribution is -0.158. The molecule has 0 radical (unpaired) electrons. The van der Waals surface area contributed by atoms with Crippen molar-refractivity contribution in [3.8, 4) is 0 Å². The molecule has 0 aromatic carbocycles. The minimum absolute atomic E-state index is 0.222. The Morgan fingerprint density at radius 1 is 0.842 bits per heavy atom. The van der Waals surface area contributed by atoms with Crippen LogP contribution in [-0.4, -0.2) is 77.0 Å². The van der Waals surface area contributed by atoms with E-state index in [1.165, 1.54) is 0 Å². The van der Waals surface area contributed by atoms with Crippen molar-refractivity contribution in [3.63, 3.8) is 0 Å². The van der Waals surface area contributed by atoms with Gasteiger partial charge in [-0.1, -0.05) is 0 Å². The van der Waals surface area contributed by atoms with E-state index in [2.05, 4.69) is 4.74 Å². The fraction of sp³-hybridized carbons (Fsp3) is 0.818. The third kappa shape index (κ3) is 14.7. The molecule has 0 aliphatic heterocycles. The first kappa shape index (κ1) is 17.8. The van der Waals surface area contributed by atoms with Crippen LogP contribution in [-0.2, 0) is 33.3 Å². The molecule has 0 heterocycles. The minimum atomic E-state index is -1.20. The number of hydrogen-bond donors (Lipinski definition) is 1. The molecule has 0 bridgehead atoms. The summed E-state index contributed by atoms with van der Waals surface area (Å²) >= 11 is 0. The average molecular weight is 280 g/mol. The zero-order chi connectivity index (χ0) is 14.3. The van der Waals surface area contributed by atoms with E-state index in [0.717, 1.165) is 0 Å². The quantitative estimate of drug-likeness (QED) is 0.349. The van der Waals surface area contributed by atoms with Gasteiger partial charge in [0.25, 0.3) is 0 Å². The molecule has 0 atom stereocenters. The molecule has 112 valence electrons. The summed E-state index contributed by atoms with van der Waals surface area (Å²) in [6, 6.07) is 0. The molecule has 0 amide bonds. The SMILES string of the molecule is COCCOCCOCCOCC(=O)OCC(=O)O. The van der Waals surface area contributed by atoms with E-state index >= 15 is 0 Å². The molecule has 0 aromatic heterocycles. The lowest BCUT2D eigenvalue weighted by Crippen LogP contribution is -2.19. The summed E-state index contributed by atoms with van der Waals surface area (Å²) in [6.07, 6.45) is 0. The highest BCUT2D eigenvalue weighted by Crippen LogP contribution is 1.84. The lowest BCUT2D eigenvalue weighted by atomic mass is 10.6. The van der Waals surface area contributed by atoms with Gasteiger partial charge in [0.15, 0.2) is 6.61 Å². The number of ether oxygens (including phenoxy) is 5. The molecule has 0 saturated heterocycles. The molecule has 8 heteroatoms. The maximum atomic E-state index is 10.9. The number of esters is 1. The number of aliphatic carboxylic acids is 1. The van der Waals surface area contributed by atoms with E-state index < -0.39 is 18.5 Å². The Bertz CT molecular complexity index is 243. The Morgan fingerprint density at radius 2 is 1.37 bits per heavy atom. The van der Waals surface area contributed by atoms with Crippen molar-refractivity contribution >= 4 is 11.9 Å². The van der Waals surface area contributed by atoms with Crippen LogP contribution in [0.15, 0.2) is 0 Å². The van der Waals surface area contributed by atoms with Crippen LogP contribution in [0.25, 0.3) is 0 Å². The normalized spacial score (nSPS) is 10.4. The smallest absolute Gasteiger partial charge is 0.341 e. The highest BCUT2D eigenvalue weighted by Gasteiger charge is 2.05. The summed E-state index contributed by atoms with van der Waals surface area (Å²) in [4.78, 5) is 21.0. The fourth-order valence-electron chi connectivity index (χ4n) is 0.921. The number of rotatable bonds is 13. The van der Waals surface area contributed by atoms with Gasteiger partial charge in [0.1, 0.15) is 6.61 Å². The first-order chi connectivity index (χ1) is 9.16. The Balaban J connectivity index is 3.13. The van der Waals surface area contributed by atoms with Gasteiger partial charge < -0.3 is 28.8 Å². The number of carbonyl (C=O) groups excluding carboxylic acids is 1. The Morgan fingerprint density at radius 3 is 1.89 bits per heavy atom. The van der Waals surface area contributed by atoms with Crippen LogP contribution in [0.2, 0.25) is 0 Å². The van der Waals surface area contributed by atoms with Gasteiger partial charge in [-0.3, -0.25) is 0 Å². The van der Waals surface area contributed by atoms with E-state index in [1.807, 2.05) is 0 Å². The van der Waals surface area contributed by atoms with Crippen molar-refractivity contribution < 1.29 is 38.4 Å². The number of hydrogen-bond acceptors (Lipinski definition) is 7. The van der Waals surface area contributed by atoms with Crippen molar-refractivity contribution in [2.75, 3.05) is 60.0 Å². The van der Waals surface area contributed by atoms with Gasteiger partial charge in [0.05, 0.1) is 39.6 Å². The number of carbonyl (C=O) groups is 2. The molecule has 0 rings (SSSR count). The van der Waals surface area contributed by atoms with Crippen LogP contribution in [0.1, 0.15) is 0 Å². The number of methoxy groups -OCH3 is 1. The summed E-state index contributed by atoms with van der Waals surface area (Å²) in [5, 5.41) is 8.25. The fourth-order valence-corrected chi connectivity index (χ4v) is 0.921. The van der Waals surface area contributed by atoms with Crippen molar-refractivity contribution in [1.82, 2.24) is 0 Å². The Kier molecular flexibility index (Phi) is 12.4. The van der Waals surface area contributed by atoms with Gasteiger partial charge >= 0.3 is 11.9 Å². The lowest BCUT2D eigenvalue weighted by Gasteiger charge is -2.06. The molecule has 19 heavy (non-hydrogen) atoms. The van der Waals surface area contributed by atoms with Crippen LogP contribution >= 0.6 is 0 Å². The van der Waals surface area contributed by atoms with E-state index in [4.69, 9.17) is 24.1 Å². The summed E-state index contributed by atoms with van der Waals surface area (Å²) in [5.74, 6) is -1.92. The molecule has 0 aliphatic carbocycles. The van der Waals surface area contributed by atoms with E-state index in [9.17, 15) is 9.59 Å². The van der Waals surface area contributed by atoms with Gasteiger partial charge in [0.2, 0.25) is 0 Å². The van der Waals surface area contributed by atoms with Crippen molar-refractivity contribution in [2.45, 2.75) is 0 Å². The molecule has 0 aliphatic rings. The summed E-state index contributed by atoms with van der Waals surface area (Å²) in [7, 11) is 1.60. The van der Waals surface area contributed by atoms with Gasteiger partial charge in [-0.05, 0) is 0 Å². The Hall–Kier alpha value is -1.22. The molecular weight excluding hydrogens is 260 g/mol. The van der Waals surface area contributed by atoms with Gasteiger partial charge in [0, 0.05) is 7.11 Å². The summed E-state index contributed by atoms with van der Waals surface area (Å²) in [5.41, 5.74) is 0. The first-order valence-corrected chi connectivity index (χ1v) is 5.76. The maximum absolute atomic E-state index is 10.9. The first-order valence-electron chi connectivity index (χ1n) is 5.76. The van der Waals surface area contributed by atoms with Crippen LogP contribution in [0, 0.1) is 0 Å². The number of carboxylic acid groups (broad SMARTS) is 1. The minimum Gasteiger partial charge on any atom is -0.479 e. The van der Waals surface area contributed by atoms with Crippen LogP contribution in [0.4, 0.5) is 0 Å². The third-order valence-electron chi connectivity index (χ3n) is 1.75. The highest BCUT2D eigenvalue weighted by atomic mass is 16.6. The topological polar surface area (TPSA) is 101 Å². The van der Waals surface area contributed by atoms with Crippen LogP contribution < -0.4 is 0 Å². The molecule has 0 aromatic rings. The highest BCUT2D eigenvalue weighted by molar-refractivity contribution is 5.75. The van der Waals surface area contributed by atoms with E-state index in [1.54, 1.807) is 7.11 Å². The molecule has 1 N–H and O–H groups in total. The zero-order valence-electron chi connectivity index (χ0n) is 11.0. The second-order valence-corrected chi connectivity index (χ2v) is 3.32. The van der Waals surface area contributed by atoms with Crippen molar-refractivity contribution in [2.24, 2.45) is 0 Å². The summed E-state index contributed by atoms with van der Waals surface area (Å²) < 4.78 is 24.4. The van der Waals surface area contributed by atoms with Crippen molar-refractivity contribution in [1.29, 1.82) is 0 Å². The second-order valence-electron chi connectivity index (χ2n) is 3.32. The molecule has 0 unspecified atom stereocenters. The molecule has 0 spiro atoms. The summed E-state index contributed by atoms with van der Waals surface area (Å²) in [6.45, 7) is 1.55. The maximum Gasteiger partial charge on any atom is 0.341 e. The van der Waals surface area contributed by atoms with Gasteiger partial charge in [-0.2, -0.15) is 0 Å². The van der Waals surface area contributed by atoms with E-state index in [0.29, 0.717) is 33.0 Å². The molecule has 0 fully saturated rings.